The van der Waals surface area contributed by atoms with Crippen molar-refractivity contribution in [3.8, 4) is 0 Å². The highest BCUT2D eigenvalue weighted by Crippen LogP contribution is 2.28. The molecule has 0 spiro atoms. The molecule has 0 amide bonds. The van der Waals surface area contributed by atoms with E-state index in [1.807, 2.05) is 26.0 Å². The van der Waals surface area contributed by atoms with Gasteiger partial charge in [0.25, 0.3) is 0 Å². The zero-order valence-electron chi connectivity index (χ0n) is 8.75. The van der Waals surface area contributed by atoms with Crippen LogP contribution in [0, 0.1) is 13.8 Å². The molecule has 0 heterocycles. The van der Waals surface area contributed by atoms with Gasteiger partial charge in [0.15, 0.2) is 0 Å². The molecule has 0 aliphatic heterocycles. The molecule has 3 N–H and O–H groups in total. The number of carboxylic acids is 1. The second-order valence-corrected chi connectivity index (χ2v) is 4.41. The van der Waals surface area contributed by atoms with Gasteiger partial charge in [-0.15, -0.1) is 0 Å². The summed E-state index contributed by atoms with van der Waals surface area (Å²) in [6.45, 7) is 3.93. The summed E-state index contributed by atoms with van der Waals surface area (Å²) in [5, 5.41) is 8.67. The molecule has 0 aliphatic carbocycles. The summed E-state index contributed by atoms with van der Waals surface area (Å²) in [6, 6.07) is 3.39. The number of nitrogens with two attached hydrogens (primary N) is 1. The molecular weight excluding hydrogens is 258 g/mol. The number of halogens is 1. The van der Waals surface area contributed by atoms with Crippen LogP contribution < -0.4 is 5.73 Å². The minimum atomic E-state index is -0.876. The number of hydrogen-bond acceptors (Lipinski definition) is 2. The van der Waals surface area contributed by atoms with Gasteiger partial charge in [0, 0.05) is 10.5 Å². The van der Waals surface area contributed by atoms with E-state index in [0.717, 1.165) is 21.2 Å². The van der Waals surface area contributed by atoms with Gasteiger partial charge in [-0.3, -0.25) is 4.79 Å². The topological polar surface area (TPSA) is 63.3 Å². The Morgan fingerprint density at radius 1 is 1.53 bits per heavy atom. The molecule has 1 aromatic carbocycles. The zero-order valence-corrected chi connectivity index (χ0v) is 10.3. The van der Waals surface area contributed by atoms with Crippen molar-refractivity contribution < 1.29 is 9.90 Å². The summed E-state index contributed by atoms with van der Waals surface area (Å²) in [5.74, 6) is -0.876. The summed E-state index contributed by atoms with van der Waals surface area (Å²) in [4.78, 5) is 10.6. The highest BCUT2D eigenvalue weighted by Gasteiger charge is 2.14. The standard InChI is InChI=1S/C11H14BrNO2/c1-6-3-4-8(7(2)11(6)12)9(13)5-10(14)15/h3-4,9H,5,13H2,1-2H3,(H,14,15). The third-order valence-corrected chi connectivity index (χ3v) is 3.64. The van der Waals surface area contributed by atoms with Crippen LogP contribution in [0.5, 0.6) is 0 Å². The van der Waals surface area contributed by atoms with Crippen molar-refractivity contribution in [3.63, 3.8) is 0 Å². The molecule has 0 fully saturated rings. The van der Waals surface area contributed by atoms with Crippen molar-refractivity contribution in [2.45, 2.75) is 26.3 Å². The number of hydrogen-bond donors (Lipinski definition) is 2. The Morgan fingerprint density at radius 3 is 2.67 bits per heavy atom. The Hall–Kier alpha value is -0.870. The van der Waals surface area contributed by atoms with Crippen LogP contribution in [0.4, 0.5) is 0 Å². The van der Waals surface area contributed by atoms with Gasteiger partial charge >= 0.3 is 5.97 Å². The van der Waals surface area contributed by atoms with Gasteiger partial charge in [0.1, 0.15) is 0 Å². The summed E-state index contributed by atoms with van der Waals surface area (Å²) >= 11 is 3.46. The molecule has 1 atom stereocenters. The number of aliphatic carboxylic acids is 1. The summed E-state index contributed by atoms with van der Waals surface area (Å²) in [6.07, 6.45) is -0.0453. The molecule has 0 aromatic heterocycles. The highest BCUT2D eigenvalue weighted by atomic mass is 79.9. The monoisotopic (exact) mass is 271 g/mol. The van der Waals surface area contributed by atoms with Crippen LogP contribution in [0.3, 0.4) is 0 Å². The highest BCUT2D eigenvalue weighted by molar-refractivity contribution is 9.10. The molecule has 1 rings (SSSR count). The lowest BCUT2D eigenvalue weighted by molar-refractivity contribution is -0.137. The molecule has 15 heavy (non-hydrogen) atoms. The van der Waals surface area contributed by atoms with Crippen LogP contribution in [0.2, 0.25) is 0 Å². The molecule has 0 radical (unpaired) electrons. The fraction of sp³-hybridized carbons (Fsp3) is 0.364. The van der Waals surface area contributed by atoms with E-state index >= 15 is 0 Å². The minimum absolute atomic E-state index is 0.0453. The normalized spacial score (nSPS) is 12.5. The lowest BCUT2D eigenvalue weighted by Gasteiger charge is -2.15. The van der Waals surface area contributed by atoms with Gasteiger partial charge in [-0.2, -0.15) is 0 Å². The van der Waals surface area contributed by atoms with Crippen molar-refractivity contribution >= 4 is 21.9 Å². The molecular formula is C11H14BrNO2. The van der Waals surface area contributed by atoms with Gasteiger partial charge < -0.3 is 10.8 Å². The van der Waals surface area contributed by atoms with E-state index in [-0.39, 0.29) is 6.42 Å². The second-order valence-electron chi connectivity index (χ2n) is 3.62. The van der Waals surface area contributed by atoms with E-state index < -0.39 is 12.0 Å². The maximum atomic E-state index is 10.6. The Kier molecular flexibility index (Phi) is 3.88. The average molecular weight is 272 g/mol. The van der Waals surface area contributed by atoms with Gasteiger partial charge in [0.05, 0.1) is 6.42 Å². The van der Waals surface area contributed by atoms with Gasteiger partial charge in [-0.25, -0.2) is 0 Å². The van der Waals surface area contributed by atoms with E-state index in [1.165, 1.54) is 0 Å². The number of carbonyl (C=O) groups is 1. The largest absolute Gasteiger partial charge is 0.481 e. The lowest BCUT2D eigenvalue weighted by atomic mass is 9.98. The van der Waals surface area contributed by atoms with Gasteiger partial charge in [-0.05, 0) is 30.5 Å². The first-order valence-corrected chi connectivity index (χ1v) is 5.45. The third kappa shape index (κ3) is 2.79. The van der Waals surface area contributed by atoms with Gasteiger partial charge in [0.2, 0.25) is 0 Å². The van der Waals surface area contributed by atoms with E-state index in [0.29, 0.717) is 0 Å². The predicted octanol–water partition coefficient (Wildman–Crippen LogP) is 2.54. The van der Waals surface area contributed by atoms with Crippen LogP contribution in [0.25, 0.3) is 0 Å². The van der Waals surface area contributed by atoms with Crippen LogP contribution in [0.1, 0.15) is 29.2 Å². The van der Waals surface area contributed by atoms with Crippen molar-refractivity contribution in [2.75, 3.05) is 0 Å². The number of aryl methyl sites for hydroxylation is 1. The maximum Gasteiger partial charge on any atom is 0.305 e. The van der Waals surface area contributed by atoms with Crippen molar-refractivity contribution in [1.82, 2.24) is 0 Å². The third-order valence-electron chi connectivity index (χ3n) is 2.42. The van der Waals surface area contributed by atoms with Gasteiger partial charge in [-0.1, -0.05) is 28.1 Å². The average Bonchev–Trinajstić information content (AvgIpc) is 2.13. The fourth-order valence-electron chi connectivity index (χ4n) is 1.54. The molecule has 0 aliphatic rings. The van der Waals surface area contributed by atoms with E-state index in [1.54, 1.807) is 0 Å². The number of carboxylic acid groups (broad SMARTS) is 1. The summed E-state index contributed by atoms with van der Waals surface area (Å²) < 4.78 is 1.00. The van der Waals surface area contributed by atoms with Crippen LogP contribution in [-0.2, 0) is 4.79 Å². The van der Waals surface area contributed by atoms with Crippen LogP contribution >= 0.6 is 15.9 Å². The van der Waals surface area contributed by atoms with Crippen LogP contribution in [-0.4, -0.2) is 11.1 Å². The zero-order chi connectivity index (χ0) is 11.6. The SMILES string of the molecule is Cc1ccc(C(N)CC(=O)O)c(C)c1Br. The molecule has 1 unspecified atom stereocenters. The predicted molar refractivity (Wildman–Crippen MR) is 62.8 cm³/mol. The number of benzene rings is 1. The Morgan fingerprint density at radius 2 is 2.13 bits per heavy atom. The molecule has 0 saturated heterocycles. The molecule has 82 valence electrons. The smallest absolute Gasteiger partial charge is 0.305 e. The van der Waals surface area contributed by atoms with Crippen molar-refractivity contribution in [1.29, 1.82) is 0 Å². The molecule has 0 bridgehead atoms. The van der Waals surface area contributed by atoms with Crippen molar-refractivity contribution in [3.05, 3.63) is 33.3 Å². The first-order chi connectivity index (χ1) is 6.93. The second kappa shape index (κ2) is 4.77. The Bertz CT molecular complexity index is 390. The van der Waals surface area contributed by atoms with Crippen LogP contribution in [0.15, 0.2) is 16.6 Å². The summed E-state index contributed by atoms with van der Waals surface area (Å²) in [5.41, 5.74) is 8.84. The molecule has 4 heteroatoms. The van der Waals surface area contributed by atoms with Crippen molar-refractivity contribution in [2.24, 2.45) is 5.73 Å². The molecule has 0 saturated carbocycles. The van der Waals surface area contributed by atoms with E-state index in [4.69, 9.17) is 10.8 Å². The first-order valence-electron chi connectivity index (χ1n) is 4.66. The Balaban J connectivity index is 3.05. The number of rotatable bonds is 3. The lowest BCUT2D eigenvalue weighted by Crippen LogP contribution is -2.16. The maximum absolute atomic E-state index is 10.6. The Labute approximate surface area is 97.4 Å². The van der Waals surface area contributed by atoms with E-state index in [2.05, 4.69) is 15.9 Å². The first kappa shape index (κ1) is 12.2. The fourth-order valence-corrected chi connectivity index (χ4v) is 1.90. The minimum Gasteiger partial charge on any atom is -0.481 e. The molecule has 1 aromatic rings. The van der Waals surface area contributed by atoms with E-state index in [9.17, 15) is 4.79 Å². The quantitative estimate of drug-likeness (QED) is 0.888. The summed E-state index contributed by atoms with van der Waals surface area (Å²) in [7, 11) is 0. The molecule has 3 nitrogen and oxygen atoms in total.